The molecule has 0 aromatic heterocycles. The van der Waals surface area contributed by atoms with Crippen LogP contribution in [0.4, 0.5) is 0 Å². The molecule has 0 radical (unpaired) electrons. The van der Waals surface area contributed by atoms with Gasteiger partial charge in [0.25, 0.3) is 0 Å². The number of carbonyl (C=O) groups is 3. The number of nitrogens with one attached hydrogen (secondary N) is 1. The lowest BCUT2D eigenvalue weighted by atomic mass is 9.33. The lowest BCUT2D eigenvalue weighted by molar-refractivity contribution is -0.242. The van der Waals surface area contributed by atoms with Crippen LogP contribution in [-0.2, 0) is 24.4 Å². The van der Waals surface area contributed by atoms with E-state index in [-0.39, 0.29) is 29.5 Å². The van der Waals surface area contributed by atoms with Crippen molar-refractivity contribution < 1.29 is 27.9 Å². The van der Waals surface area contributed by atoms with Crippen LogP contribution in [0.3, 0.4) is 0 Å². The summed E-state index contributed by atoms with van der Waals surface area (Å²) in [6, 6.07) is 2.11. The number of rotatable bonds is 2. The number of fused-ring (bicyclic) bond motifs is 7. The second-order valence-corrected chi connectivity index (χ2v) is 17.4. The van der Waals surface area contributed by atoms with Gasteiger partial charge in [0, 0.05) is 27.6 Å². The fourth-order valence-corrected chi connectivity index (χ4v) is 10.8. The van der Waals surface area contributed by atoms with E-state index >= 15 is 0 Å². The minimum atomic E-state index is -3.77. The third-order valence-corrected chi connectivity index (χ3v) is 13.6. The Morgan fingerprint density at radius 1 is 1.00 bits per heavy atom. The summed E-state index contributed by atoms with van der Waals surface area (Å²) in [6.45, 7) is 13.8. The molecule has 41 heavy (non-hydrogen) atoms. The maximum atomic E-state index is 14.5. The second-order valence-electron chi connectivity index (χ2n) is 15.6. The zero-order valence-corrected chi connectivity index (χ0v) is 26.4. The summed E-state index contributed by atoms with van der Waals surface area (Å²) < 4.78 is 26.0. The van der Waals surface area contributed by atoms with Crippen LogP contribution in [0.5, 0.6) is 0 Å². The molecule has 2 N–H and O–H groups in total. The van der Waals surface area contributed by atoms with Crippen molar-refractivity contribution in [3.05, 3.63) is 23.3 Å². The summed E-state index contributed by atoms with van der Waals surface area (Å²) in [5, 5.41) is 22.8. The highest BCUT2D eigenvalue weighted by atomic mass is 32.2. The maximum Gasteiger partial charge on any atom is 0.239 e. The van der Waals surface area contributed by atoms with Crippen LogP contribution in [-0.4, -0.2) is 42.9 Å². The first kappa shape index (κ1) is 30.2. The van der Waals surface area contributed by atoms with Gasteiger partial charge in [0.2, 0.25) is 15.9 Å². The number of allylic oxidation sites excluding steroid dienone is 3. The molecule has 5 rings (SSSR count). The van der Waals surface area contributed by atoms with Crippen molar-refractivity contribution in [2.45, 2.75) is 99.0 Å². The van der Waals surface area contributed by atoms with Crippen LogP contribution in [0.15, 0.2) is 23.3 Å². The van der Waals surface area contributed by atoms with Gasteiger partial charge in [-0.15, -0.1) is 0 Å². The summed E-state index contributed by atoms with van der Waals surface area (Å²) >= 11 is 0. The van der Waals surface area contributed by atoms with Crippen LogP contribution < -0.4 is 4.72 Å². The van der Waals surface area contributed by atoms with Crippen LogP contribution in [0, 0.1) is 55.7 Å². The van der Waals surface area contributed by atoms with E-state index in [0.29, 0.717) is 32.1 Å². The van der Waals surface area contributed by atoms with E-state index < -0.39 is 59.9 Å². The maximum absolute atomic E-state index is 14.5. The lowest BCUT2D eigenvalue weighted by Gasteiger charge is -2.71. The lowest BCUT2D eigenvalue weighted by Crippen LogP contribution is -2.74. The van der Waals surface area contributed by atoms with Crippen molar-refractivity contribution in [1.82, 2.24) is 4.72 Å². The number of nitrogens with zero attached hydrogens (tertiary/aromatic N) is 1. The Balaban J connectivity index is 1.67. The van der Waals surface area contributed by atoms with Gasteiger partial charge in [-0.3, -0.25) is 19.1 Å². The molecule has 0 aromatic rings. The van der Waals surface area contributed by atoms with E-state index in [0.717, 1.165) is 18.2 Å². The molecule has 0 unspecified atom stereocenters. The van der Waals surface area contributed by atoms with Gasteiger partial charge in [-0.2, -0.15) is 5.26 Å². The van der Waals surface area contributed by atoms with E-state index in [1.807, 2.05) is 27.7 Å². The molecule has 224 valence electrons. The Labute approximate surface area is 244 Å². The van der Waals surface area contributed by atoms with Crippen molar-refractivity contribution in [2.75, 3.05) is 6.26 Å². The largest absolute Gasteiger partial charge is 0.381 e. The summed E-state index contributed by atoms with van der Waals surface area (Å²) in [4.78, 5) is 41.0. The van der Waals surface area contributed by atoms with Crippen molar-refractivity contribution in [3.8, 4) is 6.07 Å². The van der Waals surface area contributed by atoms with Crippen molar-refractivity contribution in [1.29, 1.82) is 5.26 Å². The first-order valence-electron chi connectivity index (χ1n) is 14.8. The number of Topliss-reactive ketones (excluding diaryl/α,β-unsaturated/α-hetero) is 1. The molecule has 8 atom stereocenters. The zero-order valence-electron chi connectivity index (χ0n) is 25.6. The summed E-state index contributed by atoms with van der Waals surface area (Å²) in [6.07, 6.45) is 8.34. The van der Waals surface area contributed by atoms with Gasteiger partial charge in [0.05, 0.1) is 11.8 Å². The third-order valence-electron chi connectivity index (χ3n) is 13.1. The van der Waals surface area contributed by atoms with E-state index in [9.17, 15) is 33.2 Å². The monoisotopic (exact) mass is 584 g/mol. The van der Waals surface area contributed by atoms with E-state index in [1.165, 1.54) is 0 Å². The zero-order chi connectivity index (χ0) is 30.8. The fraction of sp³-hybridized carbons (Fsp3) is 0.750. The first-order valence-corrected chi connectivity index (χ1v) is 16.6. The Kier molecular flexibility index (Phi) is 6.18. The topological polar surface area (TPSA) is 141 Å². The molecule has 0 aromatic carbocycles. The Morgan fingerprint density at radius 2 is 1.61 bits per heavy atom. The van der Waals surface area contributed by atoms with Gasteiger partial charge in [-0.1, -0.05) is 54.5 Å². The first-order chi connectivity index (χ1) is 18.6. The number of ketones is 2. The molecule has 1 amide bonds. The third kappa shape index (κ3) is 3.65. The average Bonchev–Trinajstić information content (AvgIpc) is 2.85. The minimum absolute atomic E-state index is 0.104. The van der Waals surface area contributed by atoms with Crippen molar-refractivity contribution in [3.63, 3.8) is 0 Å². The normalized spacial score (nSPS) is 46.9. The molecule has 0 heterocycles. The van der Waals surface area contributed by atoms with Gasteiger partial charge in [0.1, 0.15) is 11.7 Å². The van der Waals surface area contributed by atoms with Crippen LogP contribution in [0.2, 0.25) is 0 Å². The predicted molar refractivity (Wildman–Crippen MR) is 153 cm³/mol. The van der Waals surface area contributed by atoms with E-state index in [1.54, 1.807) is 19.1 Å². The number of hydrogen-bond donors (Lipinski definition) is 2. The SMILES string of the molecule is CC1(C)C(=O)C(C#N)=C[C@]2(C)C3=CC(=O)[C@]4(O)[C@@H]5C[C@@](C)(C(=O)NS(C)(=O)=O)CC[C@]5(C)CC[C@@]4(C)[C@]3(C)CC[C@@H]12. The number of hydrogen-bond acceptors (Lipinski definition) is 7. The summed E-state index contributed by atoms with van der Waals surface area (Å²) in [7, 11) is -3.77. The van der Waals surface area contributed by atoms with Crippen LogP contribution in [0.25, 0.3) is 0 Å². The molecular formula is C32H44N2O6S. The molecule has 3 saturated carbocycles. The molecule has 0 bridgehead atoms. The molecular weight excluding hydrogens is 540 g/mol. The van der Waals surface area contributed by atoms with Gasteiger partial charge in [-0.25, -0.2) is 8.42 Å². The van der Waals surface area contributed by atoms with Gasteiger partial charge < -0.3 is 5.11 Å². The molecule has 8 nitrogen and oxygen atoms in total. The van der Waals surface area contributed by atoms with Crippen LogP contribution >= 0.6 is 0 Å². The Morgan fingerprint density at radius 3 is 2.20 bits per heavy atom. The standard InChI is InChI=1S/C32H44N2O6S/c1-26(2)20-9-10-30(6)21(29(20,5)16-19(18-33)24(26)36)15-23(35)32(38)22-17-28(4,25(37)34-41(8,39)40)12-11-27(22,3)13-14-31(30,32)7/h15-16,20,22,38H,9-14,17H2,1-8H3,(H,34,37)/t20-,22+,27+,28-,29-,30+,31-,32+/m0/s1. The van der Waals surface area contributed by atoms with E-state index in [2.05, 4.69) is 24.6 Å². The molecule has 0 saturated heterocycles. The van der Waals surface area contributed by atoms with E-state index in [4.69, 9.17) is 0 Å². The molecule has 5 aliphatic carbocycles. The second kappa shape index (κ2) is 8.41. The summed E-state index contributed by atoms with van der Waals surface area (Å²) in [5.74, 6) is -1.81. The fourth-order valence-electron chi connectivity index (χ4n) is 10.3. The Hall–Kier alpha value is -2.31. The van der Waals surface area contributed by atoms with Gasteiger partial charge >= 0.3 is 0 Å². The smallest absolute Gasteiger partial charge is 0.239 e. The quantitative estimate of drug-likeness (QED) is 0.490. The number of aliphatic hydroxyl groups is 1. The molecule has 3 fully saturated rings. The van der Waals surface area contributed by atoms with Crippen molar-refractivity contribution in [2.24, 2.45) is 44.3 Å². The number of nitriles is 1. The minimum Gasteiger partial charge on any atom is -0.381 e. The number of sulfonamides is 1. The molecule has 0 aliphatic heterocycles. The highest BCUT2D eigenvalue weighted by Gasteiger charge is 2.75. The van der Waals surface area contributed by atoms with Gasteiger partial charge in [-0.05, 0) is 73.3 Å². The molecule has 5 aliphatic rings. The highest BCUT2D eigenvalue weighted by Crippen LogP contribution is 2.75. The van der Waals surface area contributed by atoms with Crippen molar-refractivity contribution >= 4 is 27.5 Å². The molecule has 0 spiro atoms. The number of amides is 1. The summed E-state index contributed by atoms with van der Waals surface area (Å²) in [5.41, 5.74) is -5.22. The Bertz CT molecular complexity index is 1490. The number of carbonyl (C=O) groups excluding carboxylic acids is 3. The average molecular weight is 585 g/mol. The predicted octanol–water partition coefficient (Wildman–Crippen LogP) is 4.40. The molecule has 9 heteroatoms. The van der Waals surface area contributed by atoms with Crippen LogP contribution in [0.1, 0.15) is 93.4 Å². The highest BCUT2D eigenvalue weighted by molar-refractivity contribution is 7.89. The van der Waals surface area contributed by atoms with Gasteiger partial charge in [0.15, 0.2) is 11.6 Å².